The van der Waals surface area contributed by atoms with E-state index in [4.69, 9.17) is 4.74 Å². The van der Waals surface area contributed by atoms with E-state index in [1.165, 1.54) is 45.6 Å². The third-order valence-corrected chi connectivity index (χ3v) is 4.70. The van der Waals surface area contributed by atoms with E-state index in [2.05, 4.69) is 6.92 Å². The number of phenolic OH excluding ortho intramolecular Hbond substituents is 1. The van der Waals surface area contributed by atoms with Crippen LogP contribution in [0.4, 0.5) is 0 Å². The fourth-order valence-electron chi connectivity index (χ4n) is 3.10. The fourth-order valence-corrected chi connectivity index (χ4v) is 3.10. The predicted octanol–water partition coefficient (Wildman–Crippen LogP) is 4.59. The molecule has 0 bridgehead atoms. The molecule has 4 heteroatoms. The molecule has 144 valence electrons. The lowest BCUT2D eigenvalue weighted by molar-refractivity contribution is 0.0697. The van der Waals surface area contributed by atoms with Gasteiger partial charge in [-0.2, -0.15) is 0 Å². The van der Waals surface area contributed by atoms with Gasteiger partial charge >= 0.3 is 0 Å². The van der Waals surface area contributed by atoms with Gasteiger partial charge in [0.1, 0.15) is 0 Å². The molecule has 0 unspecified atom stereocenters. The topological polar surface area (TPSA) is 69.9 Å². The number of rotatable bonds is 14. The maximum absolute atomic E-state index is 10.1. The second-order valence-electron chi connectivity index (χ2n) is 7.00. The second kappa shape index (κ2) is 13.0. The SMILES string of the molecule is CCCCCCCCC[C@@H](O)C[C@@H](O)CCc1ccc(O)c(OC)c1. The average Bonchev–Trinajstić information content (AvgIpc) is 2.60. The largest absolute Gasteiger partial charge is 0.504 e. The summed E-state index contributed by atoms with van der Waals surface area (Å²) in [5, 5.41) is 29.8. The van der Waals surface area contributed by atoms with Gasteiger partial charge in [-0.3, -0.25) is 0 Å². The zero-order valence-corrected chi connectivity index (χ0v) is 15.9. The summed E-state index contributed by atoms with van der Waals surface area (Å²) in [4.78, 5) is 0. The first-order valence-corrected chi connectivity index (χ1v) is 9.78. The van der Waals surface area contributed by atoms with Crippen molar-refractivity contribution in [2.24, 2.45) is 0 Å². The molecular formula is C21H36O4. The summed E-state index contributed by atoms with van der Waals surface area (Å²) in [5.41, 5.74) is 1.01. The highest BCUT2D eigenvalue weighted by Crippen LogP contribution is 2.27. The maximum Gasteiger partial charge on any atom is 0.160 e. The number of ether oxygens (including phenoxy) is 1. The molecule has 0 aliphatic carbocycles. The number of phenols is 1. The Morgan fingerprint density at radius 2 is 1.56 bits per heavy atom. The maximum atomic E-state index is 10.1. The van der Waals surface area contributed by atoms with Crippen LogP contribution in [-0.4, -0.2) is 34.6 Å². The van der Waals surface area contributed by atoms with Gasteiger partial charge < -0.3 is 20.1 Å². The summed E-state index contributed by atoms with van der Waals surface area (Å²) in [6.07, 6.45) is 10.3. The van der Waals surface area contributed by atoms with E-state index in [1.807, 2.05) is 6.07 Å². The van der Waals surface area contributed by atoms with E-state index in [9.17, 15) is 15.3 Å². The number of aromatic hydroxyl groups is 1. The molecule has 0 aliphatic heterocycles. The van der Waals surface area contributed by atoms with Crippen molar-refractivity contribution in [1.29, 1.82) is 0 Å². The highest BCUT2D eigenvalue weighted by atomic mass is 16.5. The van der Waals surface area contributed by atoms with E-state index in [1.54, 1.807) is 12.1 Å². The Hall–Kier alpha value is -1.26. The van der Waals surface area contributed by atoms with Crippen LogP contribution in [-0.2, 0) is 6.42 Å². The Balaban J connectivity index is 2.15. The average molecular weight is 353 g/mol. The number of aliphatic hydroxyl groups is 2. The summed E-state index contributed by atoms with van der Waals surface area (Å²) >= 11 is 0. The Morgan fingerprint density at radius 1 is 0.920 bits per heavy atom. The number of hydrogen-bond donors (Lipinski definition) is 3. The molecule has 25 heavy (non-hydrogen) atoms. The Morgan fingerprint density at radius 3 is 2.24 bits per heavy atom. The molecule has 0 spiro atoms. The van der Waals surface area contributed by atoms with Crippen LogP contribution in [0.2, 0.25) is 0 Å². The first-order valence-electron chi connectivity index (χ1n) is 9.78. The van der Waals surface area contributed by atoms with Gasteiger partial charge in [-0.15, -0.1) is 0 Å². The van der Waals surface area contributed by atoms with Gasteiger partial charge in [-0.25, -0.2) is 0 Å². The third kappa shape index (κ3) is 9.71. The zero-order chi connectivity index (χ0) is 18.5. The summed E-state index contributed by atoms with van der Waals surface area (Å²) < 4.78 is 5.09. The lowest BCUT2D eigenvalue weighted by Gasteiger charge is -2.16. The van der Waals surface area contributed by atoms with Crippen molar-refractivity contribution in [2.75, 3.05) is 7.11 Å². The number of aryl methyl sites for hydroxylation is 1. The number of aliphatic hydroxyl groups excluding tert-OH is 2. The Labute approximate surface area is 152 Å². The van der Waals surface area contributed by atoms with Gasteiger partial charge in [-0.1, -0.05) is 57.9 Å². The summed E-state index contributed by atoms with van der Waals surface area (Å²) in [6, 6.07) is 5.23. The molecule has 1 aromatic rings. The monoisotopic (exact) mass is 352 g/mol. The Kier molecular flexibility index (Phi) is 11.3. The normalized spacial score (nSPS) is 13.6. The molecule has 1 aromatic carbocycles. The molecule has 3 N–H and O–H groups in total. The number of methoxy groups -OCH3 is 1. The minimum atomic E-state index is -0.501. The van der Waals surface area contributed by atoms with E-state index < -0.39 is 12.2 Å². The fraction of sp³-hybridized carbons (Fsp3) is 0.714. The van der Waals surface area contributed by atoms with E-state index >= 15 is 0 Å². The highest BCUT2D eigenvalue weighted by Gasteiger charge is 2.12. The van der Waals surface area contributed by atoms with Crippen LogP contribution in [0, 0.1) is 0 Å². The lowest BCUT2D eigenvalue weighted by atomic mass is 9.99. The van der Waals surface area contributed by atoms with Gasteiger partial charge in [0, 0.05) is 0 Å². The van der Waals surface area contributed by atoms with Crippen LogP contribution in [0.25, 0.3) is 0 Å². The third-order valence-electron chi connectivity index (χ3n) is 4.70. The zero-order valence-electron chi connectivity index (χ0n) is 15.9. The smallest absolute Gasteiger partial charge is 0.160 e. The van der Waals surface area contributed by atoms with Crippen LogP contribution in [0.1, 0.15) is 76.7 Å². The number of unbranched alkanes of at least 4 members (excludes halogenated alkanes) is 6. The van der Waals surface area contributed by atoms with E-state index in [-0.39, 0.29) is 5.75 Å². The molecule has 0 aliphatic rings. The molecule has 0 aromatic heterocycles. The van der Waals surface area contributed by atoms with Crippen molar-refractivity contribution in [2.45, 2.75) is 89.8 Å². The molecule has 1 rings (SSSR count). The predicted molar refractivity (Wildman–Crippen MR) is 102 cm³/mol. The van der Waals surface area contributed by atoms with Gasteiger partial charge in [-0.05, 0) is 43.4 Å². The molecule has 0 amide bonds. The number of benzene rings is 1. The van der Waals surface area contributed by atoms with Crippen LogP contribution in [0.3, 0.4) is 0 Å². The quantitative estimate of drug-likeness (QED) is 0.428. The standard InChI is InChI=1S/C21H36O4/c1-3-4-5-6-7-8-9-10-18(22)16-19(23)13-11-17-12-14-20(24)21(15-17)25-2/h12,14-15,18-19,22-24H,3-11,13,16H2,1-2H3/t18-,19+/m1/s1. The van der Waals surface area contributed by atoms with Crippen molar-refractivity contribution in [1.82, 2.24) is 0 Å². The molecule has 0 saturated carbocycles. The van der Waals surface area contributed by atoms with Crippen LogP contribution < -0.4 is 4.74 Å². The lowest BCUT2D eigenvalue weighted by Crippen LogP contribution is -2.18. The summed E-state index contributed by atoms with van der Waals surface area (Å²) in [6.45, 7) is 2.22. The van der Waals surface area contributed by atoms with Crippen LogP contribution in [0.15, 0.2) is 18.2 Å². The number of hydrogen-bond acceptors (Lipinski definition) is 4. The molecule has 0 radical (unpaired) electrons. The molecule has 0 saturated heterocycles. The second-order valence-corrected chi connectivity index (χ2v) is 7.00. The first kappa shape index (κ1) is 21.8. The molecular weight excluding hydrogens is 316 g/mol. The van der Waals surface area contributed by atoms with Crippen molar-refractivity contribution in [3.05, 3.63) is 23.8 Å². The molecule has 0 heterocycles. The molecule has 4 nitrogen and oxygen atoms in total. The van der Waals surface area contributed by atoms with Gasteiger partial charge in [0.05, 0.1) is 19.3 Å². The van der Waals surface area contributed by atoms with Gasteiger partial charge in [0.25, 0.3) is 0 Å². The molecule has 2 atom stereocenters. The highest BCUT2D eigenvalue weighted by molar-refractivity contribution is 5.41. The first-order chi connectivity index (χ1) is 12.1. The minimum Gasteiger partial charge on any atom is -0.504 e. The van der Waals surface area contributed by atoms with Crippen molar-refractivity contribution < 1.29 is 20.1 Å². The van der Waals surface area contributed by atoms with E-state index in [0.29, 0.717) is 25.0 Å². The van der Waals surface area contributed by atoms with Crippen molar-refractivity contribution >= 4 is 0 Å². The van der Waals surface area contributed by atoms with E-state index in [0.717, 1.165) is 18.4 Å². The summed E-state index contributed by atoms with van der Waals surface area (Å²) in [7, 11) is 1.52. The van der Waals surface area contributed by atoms with Gasteiger partial charge in [0.15, 0.2) is 11.5 Å². The van der Waals surface area contributed by atoms with Crippen LogP contribution in [0.5, 0.6) is 11.5 Å². The molecule has 0 fully saturated rings. The van der Waals surface area contributed by atoms with Crippen molar-refractivity contribution in [3.63, 3.8) is 0 Å². The summed E-state index contributed by atoms with van der Waals surface area (Å²) in [5.74, 6) is 0.572. The minimum absolute atomic E-state index is 0.122. The van der Waals surface area contributed by atoms with Gasteiger partial charge in [0.2, 0.25) is 0 Å². The van der Waals surface area contributed by atoms with Crippen molar-refractivity contribution in [3.8, 4) is 11.5 Å². The van der Waals surface area contributed by atoms with Crippen LogP contribution >= 0.6 is 0 Å². The Bertz CT molecular complexity index is 461.